The molecule has 0 aromatic carbocycles. The Bertz CT molecular complexity index is 225. The van der Waals surface area contributed by atoms with Gasteiger partial charge in [0.05, 0.1) is 25.9 Å². The summed E-state index contributed by atoms with van der Waals surface area (Å²) in [5.74, 6) is 0. The highest BCUT2D eigenvalue weighted by Gasteiger charge is 2.20. The lowest BCUT2D eigenvalue weighted by atomic mass is 10.1. The van der Waals surface area contributed by atoms with Crippen molar-refractivity contribution < 1.29 is 19.3 Å². The maximum atomic E-state index is 8.73. The molecule has 2 fully saturated rings. The van der Waals surface area contributed by atoms with Crippen LogP contribution in [0.3, 0.4) is 0 Å². The quantitative estimate of drug-likeness (QED) is 0.750. The average molecular weight is 273 g/mol. The third-order valence-electron chi connectivity index (χ3n) is 3.83. The number of hydrogen-bond acceptors (Lipinski definition) is 5. The summed E-state index contributed by atoms with van der Waals surface area (Å²) in [6, 6.07) is 0. The minimum absolute atomic E-state index is 0.0270. The normalized spacial score (nSPS) is 26.7. The molecule has 0 aromatic rings. The second-order valence-corrected chi connectivity index (χ2v) is 5.30. The van der Waals surface area contributed by atoms with Gasteiger partial charge < -0.3 is 24.2 Å². The van der Waals surface area contributed by atoms with Gasteiger partial charge in [-0.1, -0.05) is 0 Å². The maximum Gasteiger partial charge on any atom is 0.157 e. The van der Waals surface area contributed by atoms with Gasteiger partial charge in [-0.3, -0.25) is 0 Å². The van der Waals surface area contributed by atoms with Crippen molar-refractivity contribution in [2.24, 2.45) is 0 Å². The zero-order chi connectivity index (χ0) is 13.3. The first-order chi connectivity index (χ1) is 9.38. The van der Waals surface area contributed by atoms with Gasteiger partial charge in [0.1, 0.15) is 0 Å². The van der Waals surface area contributed by atoms with E-state index in [1.165, 1.54) is 12.8 Å². The standard InChI is InChI=1S/C14H27NO4/c16-9-12-17-13-4-6-15(7-5-13)8-11-19-14-3-1-2-10-18-14/h13-14,16H,1-12H2. The fourth-order valence-electron chi connectivity index (χ4n) is 2.67. The third-order valence-corrected chi connectivity index (χ3v) is 3.83. The van der Waals surface area contributed by atoms with Crippen molar-refractivity contribution in [3.63, 3.8) is 0 Å². The fraction of sp³-hybridized carbons (Fsp3) is 1.00. The molecule has 19 heavy (non-hydrogen) atoms. The van der Waals surface area contributed by atoms with Crippen LogP contribution in [-0.4, -0.2) is 68.5 Å². The van der Waals surface area contributed by atoms with Crippen molar-refractivity contribution in [2.75, 3.05) is 46.1 Å². The van der Waals surface area contributed by atoms with Gasteiger partial charge in [-0.2, -0.15) is 0 Å². The number of rotatable bonds is 7. The lowest BCUT2D eigenvalue weighted by molar-refractivity contribution is -0.164. The Kier molecular flexibility index (Phi) is 7.09. The molecule has 0 aliphatic carbocycles. The molecule has 5 heteroatoms. The summed E-state index contributed by atoms with van der Waals surface area (Å²) in [4.78, 5) is 2.42. The Morgan fingerprint density at radius 2 is 1.89 bits per heavy atom. The second-order valence-electron chi connectivity index (χ2n) is 5.30. The highest BCUT2D eigenvalue weighted by molar-refractivity contribution is 4.72. The molecule has 0 aromatic heterocycles. The molecule has 1 unspecified atom stereocenters. The molecular weight excluding hydrogens is 246 g/mol. The zero-order valence-electron chi connectivity index (χ0n) is 11.8. The van der Waals surface area contributed by atoms with E-state index >= 15 is 0 Å². The Morgan fingerprint density at radius 1 is 1.05 bits per heavy atom. The number of piperidine rings is 1. The van der Waals surface area contributed by atoms with E-state index in [0.29, 0.717) is 12.7 Å². The summed E-state index contributed by atoms with van der Waals surface area (Å²) < 4.78 is 16.8. The molecule has 5 nitrogen and oxygen atoms in total. The minimum atomic E-state index is 0.0270. The Hall–Kier alpha value is -0.200. The predicted octanol–water partition coefficient (Wildman–Crippen LogP) is 1.00. The van der Waals surface area contributed by atoms with Crippen LogP contribution in [0, 0.1) is 0 Å². The topological polar surface area (TPSA) is 51.2 Å². The van der Waals surface area contributed by atoms with E-state index in [0.717, 1.165) is 52.1 Å². The lowest BCUT2D eigenvalue weighted by Gasteiger charge is -2.32. The minimum Gasteiger partial charge on any atom is -0.394 e. The highest BCUT2D eigenvalue weighted by Crippen LogP contribution is 2.15. The predicted molar refractivity (Wildman–Crippen MR) is 72.0 cm³/mol. The molecule has 0 spiro atoms. The summed E-state index contributed by atoms with van der Waals surface area (Å²) in [5.41, 5.74) is 0. The van der Waals surface area contributed by atoms with Crippen LogP contribution < -0.4 is 0 Å². The molecule has 0 bridgehead atoms. The number of aliphatic hydroxyl groups excluding tert-OH is 1. The molecule has 1 atom stereocenters. The van der Waals surface area contributed by atoms with Crippen molar-refractivity contribution in [1.29, 1.82) is 0 Å². The number of nitrogens with zero attached hydrogens (tertiary/aromatic N) is 1. The van der Waals surface area contributed by atoms with Crippen LogP contribution in [0.2, 0.25) is 0 Å². The molecular formula is C14H27NO4. The smallest absolute Gasteiger partial charge is 0.157 e. The van der Waals surface area contributed by atoms with Crippen LogP contribution in [0.5, 0.6) is 0 Å². The molecule has 0 amide bonds. The molecule has 2 saturated heterocycles. The monoisotopic (exact) mass is 273 g/mol. The van der Waals surface area contributed by atoms with Crippen molar-refractivity contribution in [2.45, 2.75) is 44.5 Å². The van der Waals surface area contributed by atoms with Gasteiger partial charge in [0, 0.05) is 26.2 Å². The second kappa shape index (κ2) is 8.87. The number of ether oxygens (including phenoxy) is 3. The molecule has 2 aliphatic heterocycles. The Balaban J connectivity index is 1.50. The number of hydrogen-bond donors (Lipinski definition) is 1. The molecule has 2 rings (SSSR count). The Labute approximate surface area is 115 Å². The van der Waals surface area contributed by atoms with Crippen LogP contribution in [0.1, 0.15) is 32.1 Å². The van der Waals surface area contributed by atoms with Crippen LogP contribution in [0.4, 0.5) is 0 Å². The third kappa shape index (κ3) is 5.75. The lowest BCUT2D eigenvalue weighted by Crippen LogP contribution is -2.39. The highest BCUT2D eigenvalue weighted by atomic mass is 16.7. The van der Waals surface area contributed by atoms with E-state index in [4.69, 9.17) is 19.3 Å². The maximum absolute atomic E-state index is 8.73. The van der Waals surface area contributed by atoms with Crippen LogP contribution in [-0.2, 0) is 14.2 Å². The summed E-state index contributed by atoms with van der Waals surface area (Å²) in [5, 5.41) is 8.73. The first-order valence-electron chi connectivity index (χ1n) is 7.56. The molecule has 112 valence electrons. The van der Waals surface area contributed by atoms with E-state index in [1.807, 2.05) is 0 Å². The first-order valence-corrected chi connectivity index (χ1v) is 7.56. The molecule has 1 N–H and O–H groups in total. The summed E-state index contributed by atoms with van der Waals surface area (Å²) in [6.07, 6.45) is 5.89. The van der Waals surface area contributed by atoms with E-state index in [2.05, 4.69) is 4.90 Å². The van der Waals surface area contributed by atoms with Gasteiger partial charge in [0.25, 0.3) is 0 Å². The summed E-state index contributed by atoms with van der Waals surface area (Å²) in [7, 11) is 0. The van der Waals surface area contributed by atoms with Crippen molar-refractivity contribution in [3.8, 4) is 0 Å². The van der Waals surface area contributed by atoms with Crippen molar-refractivity contribution in [3.05, 3.63) is 0 Å². The average Bonchev–Trinajstić information content (AvgIpc) is 2.47. The van der Waals surface area contributed by atoms with E-state index in [-0.39, 0.29) is 12.9 Å². The van der Waals surface area contributed by atoms with Gasteiger partial charge in [0.15, 0.2) is 6.29 Å². The summed E-state index contributed by atoms with van der Waals surface area (Å²) >= 11 is 0. The number of likely N-dealkylation sites (tertiary alicyclic amines) is 1. The SMILES string of the molecule is OCCOC1CCN(CCOC2CCCCO2)CC1. The molecule has 2 aliphatic rings. The fourth-order valence-corrected chi connectivity index (χ4v) is 2.67. The largest absolute Gasteiger partial charge is 0.394 e. The van der Waals surface area contributed by atoms with Crippen molar-refractivity contribution >= 4 is 0 Å². The van der Waals surface area contributed by atoms with Crippen molar-refractivity contribution in [1.82, 2.24) is 4.90 Å². The van der Waals surface area contributed by atoms with Gasteiger partial charge >= 0.3 is 0 Å². The van der Waals surface area contributed by atoms with Gasteiger partial charge in [0.2, 0.25) is 0 Å². The zero-order valence-corrected chi connectivity index (χ0v) is 11.8. The van der Waals surface area contributed by atoms with Crippen LogP contribution in [0.15, 0.2) is 0 Å². The molecule has 0 radical (unpaired) electrons. The van der Waals surface area contributed by atoms with E-state index in [9.17, 15) is 0 Å². The Morgan fingerprint density at radius 3 is 2.58 bits per heavy atom. The number of aliphatic hydroxyl groups is 1. The van der Waals surface area contributed by atoms with Gasteiger partial charge in [-0.05, 0) is 32.1 Å². The molecule has 2 heterocycles. The molecule has 0 saturated carbocycles. The van der Waals surface area contributed by atoms with Crippen LogP contribution in [0.25, 0.3) is 0 Å². The van der Waals surface area contributed by atoms with Gasteiger partial charge in [-0.25, -0.2) is 0 Å². The van der Waals surface area contributed by atoms with E-state index in [1.54, 1.807) is 0 Å². The van der Waals surface area contributed by atoms with Crippen LogP contribution >= 0.6 is 0 Å². The van der Waals surface area contributed by atoms with Gasteiger partial charge in [-0.15, -0.1) is 0 Å². The summed E-state index contributed by atoms with van der Waals surface area (Å²) in [6.45, 7) is 5.29. The first kappa shape index (κ1) is 15.2. The van der Waals surface area contributed by atoms with E-state index < -0.39 is 0 Å².